The van der Waals surface area contributed by atoms with Gasteiger partial charge in [-0.2, -0.15) is 0 Å². The van der Waals surface area contributed by atoms with Gasteiger partial charge in [-0.15, -0.1) is 11.8 Å². The van der Waals surface area contributed by atoms with Crippen molar-refractivity contribution in [3.63, 3.8) is 0 Å². The van der Waals surface area contributed by atoms with E-state index in [2.05, 4.69) is 10.3 Å². The average Bonchev–Trinajstić information content (AvgIpc) is 2.65. The smallest absolute Gasteiger partial charge is 0.235 e. The zero-order chi connectivity index (χ0) is 20.8. The van der Waals surface area contributed by atoms with E-state index in [-0.39, 0.29) is 17.1 Å². The van der Waals surface area contributed by atoms with Crippen molar-refractivity contribution in [2.75, 3.05) is 19.5 Å². The number of methoxy groups -OCH3 is 1. The number of carbonyl (C=O) groups is 2. The Morgan fingerprint density at radius 1 is 1.25 bits per heavy atom. The maximum absolute atomic E-state index is 12.8. The number of aromatic nitrogens is 1. The van der Waals surface area contributed by atoms with E-state index in [1.54, 1.807) is 25.3 Å². The first-order valence-corrected chi connectivity index (χ1v) is 9.89. The molecule has 28 heavy (non-hydrogen) atoms. The first kappa shape index (κ1) is 21.8. The molecule has 2 amide bonds. The predicted molar refractivity (Wildman–Crippen MR) is 113 cm³/mol. The first-order valence-electron chi connectivity index (χ1n) is 9.01. The van der Waals surface area contributed by atoms with Crippen molar-refractivity contribution in [2.45, 2.75) is 44.4 Å². The third kappa shape index (κ3) is 5.48. The van der Waals surface area contributed by atoms with Crippen LogP contribution < -0.4 is 10.1 Å². The fraction of sp³-hybridized carbons (Fsp3) is 0.381. The normalized spacial score (nSPS) is 11.6. The van der Waals surface area contributed by atoms with Gasteiger partial charge in [0.1, 0.15) is 5.75 Å². The van der Waals surface area contributed by atoms with Crippen molar-refractivity contribution in [3.8, 4) is 5.75 Å². The molecular weight excluding hydrogens is 374 g/mol. The number of hydrogen-bond donors (Lipinski definition) is 1. The molecule has 1 N–H and O–H groups in total. The van der Waals surface area contributed by atoms with Crippen LogP contribution in [-0.4, -0.2) is 41.1 Å². The third-order valence-electron chi connectivity index (χ3n) is 4.35. The lowest BCUT2D eigenvalue weighted by Gasteiger charge is -2.22. The Labute approximate surface area is 170 Å². The lowest BCUT2D eigenvalue weighted by molar-refractivity contribution is -0.129. The van der Waals surface area contributed by atoms with E-state index < -0.39 is 0 Å². The van der Waals surface area contributed by atoms with Crippen LogP contribution in [-0.2, 0) is 16.1 Å². The monoisotopic (exact) mass is 401 g/mol. The summed E-state index contributed by atoms with van der Waals surface area (Å²) in [6, 6.07) is 7.46. The highest BCUT2D eigenvalue weighted by Gasteiger charge is 2.20. The maximum Gasteiger partial charge on any atom is 0.235 e. The number of hydrogen-bond acceptors (Lipinski definition) is 5. The third-order valence-corrected chi connectivity index (χ3v) is 5.45. The molecule has 0 aliphatic heterocycles. The molecule has 1 heterocycles. The topological polar surface area (TPSA) is 71.5 Å². The van der Waals surface area contributed by atoms with Crippen molar-refractivity contribution in [3.05, 3.63) is 47.3 Å². The van der Waals surface area contributed by atoms with Crippen LogP contribution >= 0.6 is 11.8 Å². The molecule has 2 rings (SSSR count). The highest BCUT2D eigenvalue weighted by Crippen LogP contribution is 2.27. The Bertz CT molecular complexity index is 853. The summed E-state index contributed by atoms with van der Waals surface area (Å²) in [6.07, 6.45) is 1.77. The summed E-state index contributed by atoms with van der Waals surface area (Å²) >= 11 is 1.48. The van der Waals surface area contributed by atoms with Crippen molar-refractivity contribution >= 4 is 29.3 Å². The van der Waals surface area contributed by atoms with Crippen molar-refractivity contribution in [1.82, 2.24) is 9.88 Å². The summed E-state index contributed by atoms with van der Waals surface area (Å²) in [4.78, 5) is 31.0. The standard InChI is InChI=1S/C21H27N3O3S/c1-13-11-22-19(14(2)20(13)27-6)12-24(5)21(26)15(3)28-18-9-7-17(8-10-18)23-16(4)25/h7-11,15H,12H2,1-6H3,(H,23,25). The number of ether oxygens (including phenoxy) is 1. The van der Waals surface area contributed by atoms with Crippen LogP contribution in [0.2, 0.25) is 0 Å². The summed E-state index contributed by atoms with van der Waals surface area (Å²) in [5, 5.41) is 2.49. The molecule has 1 aromatic carbocycles. The van der Waals surface area contributed by atoms with Crippen molar-refractivity contribution < 1.29 is 14.3 Å². The first-order chi connectivity index (χ1) is 13.2. The van der Waals surface area contributed by atoms with E-state index in [4.69, 9.17) is 4.74 Å². The number of carbonyl (C=O) groups excluding carboxylic acids is 2. The van der Waals surface area contributed by atoms with Gasteiger partial charge in [-0.1, -0.05) is 0 Å². The number of anilines is 1. The van der Waals surface area contributed by atoms with Crippen LogP contribution in [0.25, 0.3) is 0 Å². The number of aryl methyl sites for hydroxylation is 1. The van der Waals surface area contributed by atoms with Gasteiger partial charge in [0, 0.05) is 41.9 Å². The zero-order valence-corrected chi connectivity index (χ0v) is 18.0. The van der Waals surface area contributed by atoms with Gasteiger partial charge in [-0.05, 0) is 45.0 Å². The quantitative estimate of drug-likeness (QED) is 0.715. The van der Waals surface area contributed by atoms with Crippen LogP contribution in [0.15, 0.2) is 35.4 Å². The van der Waals surface area contributed by atoms with Gasteiger partial charge in [0.05, 0.1) is 24.6 Å². The second kappa shape index (κ2) is 9.59. The Morgan fingerprint density at radius 3 is 2.46 bits per heavy atom. The van der Waals surface area contributed by atoms with Crippen LogP contribution in [0.4, 0.5) is 5.69 Å². The molecule has 0 bridgehead atoms. The molecule has 2 aromatic rings. The summed E-state index contributed by atoms with van der Waals surface area (Å²) < 4.78 is 5.44. The minimum absolute atomic E-state index is 0.0247. The summed E-state index contributed by atoms with van der Waals surface area (Å²) in [5.41, 5.74) is 3.50. The van der Waals surface area contributed by atoms with Gasteiger partial charge < -0.3 is 15.0 Å². The highest BCUT2D eigenvalue weighted by molar-refractivity contribution is 8.00. The average molecular weight is 402 g/mol. The molecule has 0 aliphatic rings. The minimum atomic E-state index is -0.246. The van der Waals surface area contributed by atoms with E-state index in [1.807, 2.05) is 45.0 Å². The van der Waals surface area contributed by atoms with Gasteiger partial charge in [0.25, 0.3) is 0 Å². The molecule has 0 fully saturated rings. The Kier molecular flexibility index (Phi) is 7.45. The number of nitrogens with one attached hydrogen (secondary N) is 1. The maximum atomic E-state index is 12.8. The number of thioether (sulfide) groups is 1. The predicted octanol–water partition coefficient (Wildman–Crippen LogP) is 3.80. The van der Waals surface area contributed by atoms with Gasteiger partial charge in [0.2, 0.25) is 11.8 Å². The van der Waals surface area contributed by atoms with Crippen LogP contribution in [0.1, 0.15) is 30.7 Å². The number of nitrogens with zero attached hydrogens (tertiary/aromatic N) is 2. The molecule has 6 nitrogen and oxygen atoms in total. The molecule has 7 heteroatoms. The van der Waals surface area contributed by atoms with Crippen molar-refractivity contribution in [1.29, 1.82) is 0 Å². The molecule has 150 valence electrons. The molecule has 0 saturated heterocycles. The number of pyridine rings is 1. The molecule has 1 aromatic heterocycles. The minimum Gasteiger partial charge on any atom is -0.496 e. The fourth-order valence-corrected chi connectivity index (χ4v) is 3.90. The second-order valence-corrected chi connectivity index (χ2v) is 8.12. The lowest BCUT2D eigenvalue weighted by Crippen LogP contribution is -2.33. The van der Waals surface area contributed by atoms with Crippen molar-refractivity contribution in [2.24, 2.45) is 0 Å². The summed E-state index contributed by atoms with van der Waals surface area (Å²) in [5.74, 6) is 0.728. The largest absolute Gasteiger partial charge is 0.496 e. The zero-order valence-electron chi connectivity index (χ0n) is 17.2. The molecule has 0 saturated carbocycles. The molecular formula is C21H27N3O3S. The Morgan fingerprint density at radius 2 is 1.89 bits per heavy atom. The van der Waals surface area contributed by atoms with E-state index in [0.717, 1.165) is 33.2 Å². The Hall–Kier alpha value is -2.54. The van der Waals surface area contributed by atoms with Gasteiger partial charge in [-0.3, -0.25) is 14.6 Å². The van der Waals surface area contributed by atoms with E-state index in [9.17, 15) is 9.59 Å². The molecule has 0 radical (unpaired) electrons. The van der Waals surface area contributed by atoms with Gasteiger partial charge in [-0.25, -0.2) is 0 Å². The number of rotatable bonds is 7. The molecule has 1 unspecified atom stereocenters. The van der Waals surface area contributed by atoms with Crippen LogP contribution in [0, 0.1) is 13.8 Å². The lowest BCUT2D eigenvalue weighted by atomic mass is 10.1. The molecule has 1 atom stereocenters. The van der Waals surface area contributed by atoms with Crippen LogP contribution in [0.3, 0.4) is 0 Å². The molecule has 0 aliphatic carbocycles. The van der Waals surface area contributed by atoms with E-state index in [0.29, 0.717) is 6.54 Å². The molecule has 0 spiro atoms. The van der Waals surface area contributed by atoms with Crippen LogP contribution in [0.5, 0.6) is 5.75 Å². The highest BCUT2D eigenvalue weighted by atomic mass is 32.2. The SMILES string of the molecule is COc1c(C)cnc(CN(C)C(=O)C(C)Sc2ccc(NC(C)=O)cc2)c1C. The Balaban J connectivity index is 2.02. The number of amides is 2. The second-order valence-electron chi connectivity index (χ2n) is 6.71. The van der Waals surface area contributed by atoms with Gasteiger partial charge >= 0.3 is 0 Å². The summed E-state index contributed by atoms with van der Waals surface area (Å²) in [6.45, 7) is 7.70. The number of benzene rings is 1. The summed E-state index contributed by atoms with van der Waals surface area (Å²) in [7, 11) is 3.43. The van der Waals surface area contributed by atoms with E-state index in [1.165, 1.54) is 18.7 Å². The van der Waals surface area contributed by atoms with E-state index >= 15 is 0 Å². The fourth-order valence-electron chi connectivity index (χ4n) is 2.92. The van der Waals surface area contributed by atoms with Gasteiger partial charge in [0.15, 0.2) is 0 Å².